The van der Waals surface area contributed by atoms with E-state index >= 15 is 0 Å². The lowest BCUT2D eigenvalue weighted by atomic mass is 10.0. The van der Waals surface area contributed by atoms with E-state index in [4.69, 9.17) is 0 Å². The number of benzene rings is 2. The quantitative estimate of drug-likeness (QED) is 0.483. The van der Waals surface area contributed by atoms with Gasteiger partial charge in [0.2, 0.25) is 0 Å². The van der Waals surface area contributed by atoms with E-state index in [0.717, 1.165) is 40.9 Å². The van der Waals surface area contributed by atoms with Gasteiger partial charge in [-0.3, -0.25) is 9.88 Å². The van der Waals surface area contributed by atoms with Crippen LogP contribution in [0.5, 0.6) is 0 Å². The molecule has 1 aliphatic heterocycles. The maximum atomic E-state index is 13.3. The SMILES string of the molecule is Fc1ccc(Cn2nnnc2[C@@H](c2ccc3ncccc3c2)N2CCCCCC2)cc1. The van der Waals surface area contributed by atoms with Gasteiger partial charge < -0.3 is 0 Å². The lowest BCUT2D eigenvalue weighted by Gasteiger charge is -2.30. The summed E-state index contributed by atoms with van der Waals surface area (Å²) in [6, 6.07) is 16.9. The number of fused-ring (bicyclic) bond motifs is 1. The van der Waals surface area contributed by atoms with Crippen LogP contribution < -0.4 is 0 Å². The molecule has 1 aliphatic rings. The number of aromatic nitrogens is 5. The monoisotopic (exact) mass is 416 g/mol. The first-order valence-corrected chi connectivity index (χ1v) is 10.9. The number of hydrogen-bond acceptors (Lipinski definition) is 5. The highest BCUT2D eigenvalue weighted by Gasteiger charge is 2.28. The van der Waals surface area contributed by atoms with Crippen molar-refractivity contribution in [2.75, 3.05) is 13.1 Å². The zero-order valence-electron chi connectivity index (χ0n) is 17.4. The average Bonchev–Trinajstić information content (AvgIpc) is 3.07. The molecule has 3 heterocycles. The van der Waals surface area contributed by atoms with Crippen LogP contribution in [0.4, 0.5) is 4.39 Å². The molecule has 1 atom stereocenters. The Balaban J connectivity index is 1.55. The first-order valence-electron chi connectivity index (χ1n) is 10.9. The Kier molecular flexibility index (Phi) is 5.67. The highest BCUT2D eigenvalue weighted by molar-refractivity contribution is 5.79. The van der Waals surface area contributed by atoms with Crippen molar-refractivity contribution in [3.8, 4) is 0 Å². The van der Waals surface area contributed by atoms with Crippen LogP contribution in [-0.2, 0) is 6.54 Å². The third-order valence-electron chi connectivity index (χ3n) is 6.00. The fourth-order valence-corrected chi connectivity index (χ4v) is 4.42. The van der Waals surface area contributed by atoms with E-state index in [9.17, 15) is 4.39 Å². The molecule has 0 spiro atoms. The molecule has 2 aromatic carbocycles. The Hall–Kier alpha value is -3.19. The van der Waals surface area contributed by atoms with E-state index in [-0.39, 0.29) is 11.9 Å². The van der Waals surface area contributed by atoms with Gasteiger partial charge in [0.1, 0.15) is 5.82 Å². The summed E-state index contributed by atoms with van der Waals surface area (Å²) in [6.07, 6.45) is 6.67. The second kappa shape index (κ2) is 8.89. The molecule has 2 aromatic heterocycles. The summed E-state index contributed by atoms with van der Waals surface area (Å²) >= 11 is 0. The number of pyridine rings is 1. The van der Waals surface area contributed by atoms with Gasteiger partial charge in [-0.05, 0) is 77.8 Å². The van der Waals surface area contributed by atoms with Gasteiger partial charge in [-0.2, -0.15) is 0 Å². The molecule has 4 aromatic rings. The van der Waals surface area contributed by atoms with E-state index in [1.807, 2.05) is 16.9 Å². The standard InChI is InChI=1S/C24H25FN6/c25-21-10-7-18(8-11-21)17-31-24(27-28-29-31)23(30-14-3-1-2-4-15-30)20-9-12-22-19(16-20)6-5-13-26-22/h5-13,16,23H,1-4,14-15,17H2/t23-/m1/s1. The van der Waals surface area contributed by atoms with Crippen molar-refractivity contribution in [2.24, 2.45) is 0 Å². The normalized spacial score (nSPS) is 16.3. The number of hydrogen-bond donors (Lipinski definition) is 0. The van der Waals surface area contributed by atoms with Crippen molar-refractivity contribution >= 4 is 10.9 Å². The number of likely N-dealkylation sites (tertiary alicyclic amines) is 1. The lowest BCUT2D eigenvalue weighted by Crippen LogP contribution is -2.33. The van der Waals surface area contributed by atoms with Crippen molar-refractivity contribution in [1.29, 1.82) is 0 Å². The summed E-state index contributed by atoms with van der Waals surface area (Å²) in [5, 5.41) is 13.9. The van der Waals surface area contributed by atoms with Gasteiger partial charge in [-0.25, -0.2) is 9.07 Å². The maximum Gasteiger partial charge on any atom is 0.173 e. The molecule has 1 saturated heterocycles. The third-order valence-corrected chi connectivity index (χ3v) is 6.00. The minimum absolute atomic E-state index is 0.0434. The van der Waals surface area contributed by atoms with Gasteiger partial charge in [-0.1, -0.05) is 37.1 Å². The van der Waals surface area contributed by atoms with Crippen molar-refractivity contribution < 1.29 is 4.39 Å². The van der Waals surface area contributed by atoms with Crippen LogP contribution in [0.15, 0.2) is 60.8 Å². The molecule has 0 unspecified atom stereocenters. The zero-order valence-corrected chi connectivity index (χ0v) is 17.4. The minimum atomic E-state index is -0.243. The molecule has 0 bridgehead atoms. The minimum Gasteiger partial charge on any atom is -0.290 e. The number of tetrazole rings is 1. The topological polar surface area (TPSA) is 59.7 Å². The molecule has 5 rings (SSSR count). The Morgan fingerprint density at radius 3 is 2.55 bits per heavy atom. The van der Waals surface area contributed by atoms with Crippen molar-refractivity contribution in [2.45, 2.75) is 38.3 Å². The predicted octanol–water partition coefficient (Wildman–Crippen LogP) is 4.37. The summed E-state index contributed by atoms with van der Waals surface area (Å²) in [6.45, 7) is 2.53. The van der Waals surface area contributed by atoms with Gasteiger partial charge in [0.25, 0.3) is 0 Å². The molecule has 0 saturated carbocycles. The van der Waals surface area contributed by atoms with Crippen LogP contribution in [-0.4, -0.2) is 43.2 Å². The zero-order chi connectivity index (χ0) is 21.0. The second-order valence-electron chi connectivity index (χ2n) is 8.13. The first-order chi connectivity index (χ1) is 15.3. The second-order valence-corrected chi connectivity index (χ2v) is 8.13. The number of halogens is 1. The van der Waals surface area contributed by atoms with E-state index in [1.54, 1.807) is 12.1 Å². The molecular formula is C24H25FN6. The van der Waals surface area contributed by atoms with Crippen LogP contribution in [0, 0.1) is 5.82 Å². The van der Waals surface area contributed by atoms with Crippen LogP contribution in [0.2, 0.25) is 0 Å². The number of rotatable bonds is 5. The van der Waals surface area contributed by atoms with Gasteiger partial charge in [0, 0.05) is 11.6 Å². The van der Waals surface area contributed by atoms with E-state index in [1.165, 1.54) is 37.8 Å². The Bertz CT molecular complexity index is 1150. The molecule has 0 N–H and O–H groups in total. The third kappa shape index (κ3) is 4.32. The molecule has 7 heteroatoms. The lowest BCUT2D eigenvalue weighted by molar-refractivity contribution is 0.222. The van der Waals surface area contributed by atoms with Crippen molar-refractivity contribution in [3.63, 3.8) is 0 Å². The van der Waals surface area contributed by atoms with Crippen LogP contribution in [0.25, 0.3) is 10.9 Å². The highest BCUT2D eigenvalue weighted by atomic mass is 19.1. The summed E-state index contributed by atoms with van der Waals surface area (Å²) in [7, 11) is 0. The fourth-order valence-electron chi connectivity index (χ4n) is 4.42. The van der Waals surface area contributed by atoms with Gasteiger partial charge in [0.15, 0.2) is 5.82 Å². The Labute approximate surface area is 180 Å². The average molecular weight is 417 g/mol. The summed E-state index contributed by atoms with van der Waals surface area (Å²) in [4.78, 5) is 6.96. The summed E-state index contributed by atoms with van der Waals surface area (Å²) < 4.78 is 15.2. The fraction of sp³-hybridized carbons (Fsp3) is 0.333. The maximum absolute atomic E-state index is 13.3. The van der Waals surface area contributed by atoms with Crippen LogP contribution in [0.3, 0.4) is 0 Å². The summed E-state index contributed by atoms with van der Waals surface area (Å²) in [5.41, 5.74) is 3.11. The number of nitrogens with zero attached hydrogens (tertiary/aromatic N) is 6. The molecule has 31 heavy (non-hydrogen) atoms. The molecule has 0 amide bonds. The molecular weight excluding hydrogens is 391 g/mol. The van der Waals surface area contributed by atoms with Crippen LogP contribution >= 0.6 is 0 Å². The van der Waals surface area contributed by atoms with Crippen molar-refractivity contribution in [3.05, 3.63) is 83.6 Å². The highest BCUT2D eigenvalue weighted by Crippen LogP contribution is 2.31. The van der Waals surface area contributed by atoms with Crippen molar-refractivity contribution in [1.82, 2.24) is 30.1 Å². The Morgan fingerprint density at radius 2 is 1.74 bits per heavy atom. The molecule has 0 aliphatic carbocycles. The molecule has 158 valence electrons. The molecule has 1 fully saturated rings. The van der Waals surface area contributed by atoms with Crippen LogP contribution in [0.1, 0.15) is 48.7 Å². The summed E-state index contributed by atoms with van der Waals surface area (Å²) in [5.74, 6) is 0.572. The van der Waals surface area contributed by atoms with Gasteiger partial charge in [0.05, 0.1) is 18.1 Å². The van der Waals surface area contributed by atoms with Gasteiger partial charge in [-0.15, -0.1) is 5.10 Å². The smallest absolute Gasteiger partial charge is 0.173 e. The Morgan fingerprint density at radius 1 is 0.935 bits per heavy atom. The van der Waals surface area contributed by atoms with E-state index in [2.05, 4.69) is 49.7 Å². The molecule has 6 nitrogen and oxygen atoms in total. The van der Waals surface area contributed by atoms with E-state index < -0.39 is 0 Å². The largest absolute Gasteiger partial charge is 0.290 e. The predicted molar refractivity (Wildman–Crippen MR) is 117 cm³/mol. The van der Waals surface area contributed by atoms with E-state index in [0.29, 0.717) is 6.54 Å². The van der Waals surface area contributed by atoms with Gasteiger partial charge >= 0.3 is 0 Å². The first kappa shape index (κ1) is 19.8. The molecule has 0 radical (unpaired) electrons.